The Balaban J connectivity index is 1.35. The number of thiophene rings is 2. The normalized spacial score (nSPS) is 12.0. The van der Waals surface area contributed by atoms with Gasteiger partial charge in [-0.05, 0) is 36.4 Å². The van der Waals surface area contributed by atoms with E-state index in [4.69, 9.17) is 9.97 Å². The molecule has 0 amide bonds. The summed E-state index contributed by atoms with van der Waals surface area (Å²) < 4.78 is 6.29. The third-order valence-electron chi connectivity index (χ3n) is 8.85. The maximum atomic E-state index is 5.36. The summed E-state index contributed by atoms with van der Waals surface area (Å²) in [5.41, 5.74) is 6.55. The topological polar surface area (TPSA) is 30.7 Å². The number of para-hydroxylation sites is 2. The van der Waals surface area contributed by atoms with Gasteiger partial charge in [0.2, 0.25) is 0 Å². The molecule has 6 aromatic carbocycles. The molecular formula is C40H23N3S2. The van der Waals surface area contributed by atoms with Crippen LogP contribution in [0, 0.1) is 0 Å². The summed E-state index contributed by atoms with van der Waals surface area (Å²) in [6.45, 7) is 0. The molecule has 0 aliphatic carbocycles. The molecule has 45 heavy (non-hydrogen) atoms. The highest BCUT2D eigenvalue weighted by atomic mass is 32.1. The maximum absolute atomic E-state index is 5.36. The molecule has 0 saturated carbocycles. The van der Waals surface area contributed by atoms with Gasteiger partial charge in [-0.1, -0.05) is 103 Å². The summed E-state index contributed by atoms with van der Waals surface area (Å²) in [5, 5.41) is 7.50. The molecule has 0 bridgehead atoms. The van der Waals surface area contributed by atoms with Crippen molar-refractivity contribution in [1.82, 2.24) is 14.5 Å². The molecule has 0 aliphatic heterocycles. The lowest BCUT2D eigenvalue weighted by atomic mass is 10.0. The lowest BCUT2D eigenvalue weighted by Crippen LogP contribution is -2.00. The Labute approximate surface area is 266 Å². The van der Waals surface area contributed by atoms with E-state index < -0.39 is 0 Å². The van der Waals surface area contributed by atoms with E-state index in [-0.39, 0.29) is 0 Å². The SMILES string of the molecule is c1ccc(-c2nc(-c3ccccc3-n3c4ccccc4c4c5c(ccc43)sc3ccccc35)c3c(n2)sc2ccccc23)cc1. The Hall–Kier alpha value is -5.36. The van der Waals surface area contributed by atoms with E-state index in [1.807, 2.05) is 17.4 Å². The number of hydrogen-bond acceptors (Lipinski definition) is 4. The van der Waals surface area contributed by atoms with E-state index in [0.717, 1.165) is 38.5 Å². The summed E-state index contributed by atoms with van der Waals surface area (Å²) in [6.07, 6.45) is 0. The Morgan fingerprint density at radius 3 is 1.96 bits per heavy atom. The van der Waals surface area contributed by atoms with Gasteiger partial charge in [-0.3, -0.25) is 0 Å². The number of rotatable bonds is 3. The molecule has 0 spiro atoms. The third-order valence-corrected chi connectivity index (χ3v) is 11.0. The van der Waals surface area contributed by atoms with Crippen molar-refractivity contribution < 1.29 is 0 Å². The van der Waals surface area contributed by atoms with Crippen LogP contribution in [0.2, 0.25) is 0 Å². The van der Waals surface area contributed by atoms with Gasteiger partial charge >= 0.3 is 0 Å². The summed E-state index contributed by atoms with van der Waals surface area (Å²) >= 11 is 3.60. The van der Waals surface area contributed by atoms with Gasteiger partial charge in [0.15, 0.2) is 5.82 Å². The Bertz CT molecular complexity index is 2770. The first-order valence-corrected chi connectivity index (χ1v) is 16.6. The van der Waals surface area contributed by atoms with E-state index in [1.165, 1.54) is 52.1 Å². The summed E-state index contributed by atoms with van der Waals surface area (Å²) in [5.74, 6) is 0.744. The van der Waals surface area contributed by atoms with Gasteiger partial charge in [-0.25, -0.2) is 9.97 Å². The summed E-state index contributed by atoms with van der Waals surface area (Å²) in [7, 11) is 0. The van der Waals surface area contributed by atoms with Crippen LogP contribution < -0.4 is 0 Å². The van der Waals surface area contributed by atoms with Crippen LogP contribution >= 0.6 is 22.7 Å². The van der Waals surface area contributed by atoms with Crippen LogP contribution in [0.15, 0.2) is 140 Å². The highest BCUT2D eigenvalue weighted by molar-refractivity contribution is 7.26. The van der Waals surface area contributed by atoms with Crippen LogP contribution in [-0.4, -0.2) is 14.5 Å². The van der Waals surface area contributed by atoms with Crippen LogP contribution in [-0.2, 0) is 0 Å². The second-order valence-electron chi connectivity index (χ2n) is 11.3. The van der Waals surface area contributed by atoms with E-state index in [9.17, 15) is 0 Å². The molecule has 210 valence electrons. The van der Waals surface area contributed by atoms with Crippen molar-refractivity contribution >= 4 is 85.0 Å². The largest absolute Gasteiger partial charge is 0.309 e. The minimum Gasteiger partial charge on any atom is -0.309 e. The van der Waals surface area contributed by atoms with E-state index in [2.05, 4.69) is 138 Å². The molecule has 0 atom stereocenters. The van der Waals surface area contributed by atoms with Crippen molar-refractivity contribution in [3.63, 3.8) is 0 Å². The Morgan fingerprint density at radius 2 is 1.11 bits per heavy atom. The Morgan fingerprint density at radius 1 is 0.444 bits per heavy atom. The molecular weight excluding hydrogens is 587 g/mol. The first kappa shape index (κ1) is 25.0. The number of hydrogen-bond donors (Lipinski definition) is 0. The molecule has 0 saturated heterocycles. The molecule has 5 heteroatoms. The summed E-state index contributed by atoms with van der Waals surface area (Å²) in [6, 6.07) is 49.8. The number of fused-ring (bicyclic) bond motifs is 10. The molecule has 4 heterocycles. The standard InChI is InChI=1S/C40H23N3S2/c1-2-12-24(13-3-1)39-41-38(37-28-17-7-11-21-33(28)45-40(37)42-39)26-15-5-9-19-30(26)43-29-18-8-4-14-25(29)35-31(43)22-23-34-36(35)27-16-6-10-20-32(27)44-34/h1-23H. The van der Waals surface area contributed by atoms with Gasteiger partial charge in [0.25, 0.3) is 0 Å². The average Bonchev–Trinajstić information content (AvgIpc) is 3.77. The molecule has 3 nitrogen and oxygen atoms in total. The second-order valence-corrected chi connectivity index (χ2v) is 13.5. The highest BCUT2D eigenvalue weighted by Gasteiger charge is 2.22. The molecule has 10 aromatic rings. The fourth-order valence-electron chi connectivity index (χ4n) is 6.94. The molecule has 0 radical (unpaired) electrons. The van der Waals surface area contributed by atoms with Crippen molar-refractivity contribution in [2.24, 2.45) is 0 Å². The lowest BCUT2D eigenvalue weighted by Gasteiger charge is -2.15. The first-order valence-electron chi connectivity index (χ1n) is 15.0. The number of nitrogens with zero attached hydrogens (tertiary/aromatic N) is 3. The summed E-state index contributed by atoms with van der Waals surface area (Å²) in [4.78, 5) is 11.5. The number of benzene rings is 6. The molecule has 0 unspecified atom stereocenters. The predicted molar refractivity (Wildman–Crippen MR) is 193 cm³/mol. The minimum atomic E-state index is 0.744. The molecule has 10 rings (SSSR count). The predicted octanol–water partition coefficient (Wildman–Crippen LogP) is 11.6. The quantitative estimate of drug-likeness (QED) is 0.199. The van der Waals surface area contributed by atoms with E-state index in [0.29, 0.717) is 0 Å². The van der Waals surface area contributed by atoms with Crippen molar-refractivity contribution in [3.8, 4) is 28.3 Å². The van der Waals surface area contributed by atoms with Gasteiger partial charge in [-0.2, -0.15) is 0 Å². The fraction of sp³-hybridized carbons (Fsp3) is 0. The zero-order valence-electron chi connectivity index (χ0n) is 23.9. The monoisotopic (exact) mass is 609 g/mol. The first-order chi connectivity index (χ1) is 22.3. The molecule has 0 aliphatic rings. The van der Waals surface area contributed by atoms with Gasteiger partial charge < -0.3 is 4.57 Å². The van der Waals surface area contributed by atoms with Crippen LogP contribution in [0.4, 0.5) is 0 Å². The van der Waals surface area contributed by atoms with Crippen molar-refractivity contribution in [2.75, 3.05) is 0 Å². The highest BCUT2D eigenvalue weighted by Crippen LogP contribution is 2.46. The van der Waals surface area contributed by atoms with Gasteiger partial charge in [0, 0.05) is 57.5 Å². The third kappa shape index (κ3) is 3.62. The van der Waals surface area contributed by atoms with Gasteiger partial charge in [-0.15, -0.1) is 22.7 Å². The molecule has 0 fully saturated rings. The van der Waals surface area contributed by atoms with Crippen molar-refractivity contribution in [3.05, 3.63) is 140 Å². The maximum Gasteiger partial charge on any atom is 0.161 e. The van der Waals surface area contributed by atoms with Crippen LogP contribution in [0.1, 0.15) is 0 Å². The zero-order valence-corrected chi connectivity index (χ0v) is 25.6. The molecule has 4 aromatic heterocycles. The van der Waals surface area contributed by atoms with E-state index >= 15 is 0 Å². The van der Waals surface area contributed by atoms with Crippen LogP contribution in [0.3, 0.4) is 0 Å². The molecule has 0 N–H and O–H groups in total. The minimum absolute atomic E-state index is 0.744. The zero-order chi connectivity index (χ0) is 29.5. The van der Waals surface area contributed by atoms with Crippen molar-refractivity contribution in [2.45, 2.75) is 0 Å². The van der Waals surface area contributed by atoms with Gasteiger partial charge in [0.1, 0.15) is 4.83 Å². The number of aromatic nitrogens is 3. The average molecular weight is 610 g/mol. The van der Waals surface area contributed by atoms with Crippen LogP contribution in [0.25, 0.3) is 90.6 Å². The Kier molecular flexibility index (Phi) is 5.32. The second kappa shape index (κ2) is 9.57. The lowest BCUT2D eigenvalue weighted by molar-refractivity contribution is 1.17. The smallest absolute Gasteiger partial charge is 0.161 e. The van der Waals surface area contributed by atoms with Crippen LogP contribution in [0.5, 0.6) is 0 Å². The fourth-order valence-corrected chi connectivity index (χ4v) is 9.13. The van der Waals surface area contributed by atoms with E-state index in [1.54, 1.807) is 11.3 Å². The van der Waals surface area contributed by atoms with Crippen molar-refractivity contribution in [1.29, 1.82) is 0 Å². The van der Waals surface area contributed by atoms with Gasteiger partial charge in [0.05, 0.1) is 22.4 Å².